The highest BCUT2D eigenvalue weighted by Crippen LogP contribution is 2.13. The van der Waals surface area contributed by atoms with Crippen molar-refractivity contribution in [2.24, 2.45) is 0 Å². The number of hydrogen-bond donors (Lipinski definition) is 0. The van der Waals surface area contributed by atoms with E-state index in [1.54, 1.807) is 0 Å². The van der Waals surface area contributed by atoms with Crippen LogP contribution >= 0.6 is 0 Å². The minimum Gasteiger partial charge on any atom is -0.296 e. The van der Waals surface area contributed by atoms with E-state index in [0.717, 1.165) is 23.8 Å². The second-order valence-electron chi connectivity index (χ2n) is 5.13. The maximum Gasteiger partial charge on any atom is 0.142 e. The Hall–Kier alpha value is -0.960. The molecule has 3 nitrogen and oxygen atoms in total. The Labute approximate surface area is 112 Å². The number of hydrogen-bond acceptors (Lipinski definition) is 3. The van der Waals surface area contributed by atoms with Crippen LogP contribution in [0.1, 0.15) is 55.9 Å². The van der Waals surface area contributed by atoms with E-state index in [0.29, 0.717) is 0 Å². The molecule has 1 aromatic rings. The smallest absolute Gasteiger partial charge is 0.142 e. The summed E-state index contributed by atoms with van der Waals surface area (Å²) in [6.45, 7) is 13.8. The summed E-state index contributed by atoms with van der Waals surface area (Å²) in [6.07, 6.45) is 3.90. The summed E-state index contributed by atoms with van der Waals surface area (Å²) in [7, 11) is 0. The molecule has 0 amide bonds. The van der Waals surface area contributed by atoms with Gasteiger partial charge in [-0.3, -0.25) is 4.90 Å². The van der Waals surface area contributed by atoms with Gasteiger partial charge in [0.1, 0.15) is 5.82 Å². The second-order valence-corrected chi connectivity index (χ2v) is 5.13. The Morgan fingerprint density at radius 3 is 1.83 bits per heavy atom. The molecule has 2 rings (SSSR count). The van der Waals surface area contributed by atoms with Gasteiger partial charge in [0.15, 0.2) is 0 Å². The highest BCUT2D eigenvalue weighted by molar-refractivity contribution is 5.22. The van der Waals surface area contributed by atoms with Gasteiger partial charge in [-0.15, -0.1) is 0 Å². The molecule has 0 bridgehead atoms. The maximum absolute atomic E-state index is 4.54. The molecule has 1 saturated heterocycles. The second kappa shape index (κ2) is 7.47. The maximum atomic E-state index is 4.54. The average molecular weight is 249 g/mol. The largest absolute Gasteiger partial charge is 0.296 e. The highest BCUT2D eigenvalue weighted by atomic mass is 15.2. The summed E-state index contributed by atoms with van der Waals surface area (Å²) in [6, 6.07) is 0. The minimum absolute atomic E-state index is 0.919. The Kier molecular flexibility index (Phi) is 6.27. The first-order valence-corrected chi connectivity index (χ1v) is 7.11. The molecule has 102 valence electrons. The van der Waals surface area contributed by atoms with Gasteiger partial charge in [-0.25, -0.2) is 9.97 Å². The van der Waals surface area contributed by atoms with Crippen molar-refractivity contribution >= 4 is 0 Å². The SMILES string of the molecule is CCC.Cc1nc(CN2CCCC2)nc(C)c1C. The van der Waals surface area contributed by atoms with Crippen molar-refractivity contribution in [2.75, 3.05) is 13.1 Å². The van der Waals surface area contributed by atoms with E-state index in [1.165, 1.54) is 37.9 Å². The number of rotatable bonds is 2. The number of nitrogens with zero attached hydrogens (tertiary/aromatic N) is 3. The molecular formula is C15H27N3. The Morgan fingerprint density at radius 2 is 1.39 bits per heavy atom. The van der Waals surface area contributed by atoms with Gasteiger partial charge < -0.3 is 0 Å². The number of aromatic nitrogens is 2. The lowest BCUT2D eigenvalue weighted by Gasteiger charge is -2.14. The summed E-state index contributed by atoms with van der Waals surface area (Å²) in [5.74, 6) is 0.984. The van der Waals surface area contributed by atoms with Crippen molar-refractivity contribution in [1.82, 2.24) is 14.9 Å². The van der Waals surface area contributed by atoms with Crippen LogP contribution in [-0.4, -0.2) is 28.0 Å². The van der Waals surface area contributed by atoms with E-state index in [-0.39, 0.29) is 0 Å². The summed E-state index contributed by atoms with van der Waals surface area (Å²) < 4.78 is 0. The van der Waals surface area contributed by atoms with E-state index < -0.39 is 0 Å². The third kappa shape index (κ3) is 4.37. The van der Waals surface area contributed by atoms with Gasteiger partial charge in [-0.1, -0.05) is 20.3 Å². The van der Waals surface area contributed by atoms with Crippen LogP contribution in [0.15, 0.2) is 0 Å². The fourth-order valence-electron chi connectivity index (χ4n) is 2.05. The fourth-order valence-corrected chi connectivity index (χ4v) is 2.05. The molecular weight excluding hydrogens is 222 g/mol. The monoisotopic (exact) mass is 249 g/mol. The van der Waals surface area contributed by atoms with Crippen molar-refractivity contribution in [3.63, 3.8) is 0 Å². The molecule has 0 atom stereocenters. The predicted molar refractivity (Wildman–Crippen MR) is 76.7 cm³/mol. The van der Waals surface area contributed by atoms with Crippen molar-refractivity contribution in [3.05, 3.63) is 22.8 Å². The van der Waals surface area contributed by atoms with E-state index in [4.69, 9.17) is 0 Å². The van der Waals surface area contributed by atoms with Crippen LogP contribution in [0.3, 0.4) is 0 Å². The van der Waals surface area contributed by atoms with E-state index in [2.05, 4.69) is 49.5 Å². The van der Waals surface area contributed by atoms with Crippen molar-refractivity contribution < 1.29 is 0 Å². The van der Waals surface area contributed by atoms with Crippen molar-refractivity contribution in [3.8, 4) is 0 Å². The minimum atomic E-state index is 0.919. The van der Waals surface area contributed by atoms with Crippen LogP contribution in [0.25, 0.3) is 0 Å². The molecule has 18 heavy (non-hydrogen) atoms. The van der Waals surface area contributed by atoms with Crippen LogP contribution in [0, 0.1) is 20.8 Å². The average Bonchev–Trinajstić information content (AvgIpc) is 2.79. The van der Waals surface area contributed by atoms with Crippen molar-refractivity contribution in [1.29, 1.82) is 0 Å². The topological polar surface area (TPSA) is 29.0 Å². The first-order valence-electron chi connectivity index (χ1n) is 7.11. The van der Waals surface area contributed by atoms with Gasteiger partial charge in [-0.05, 0) is 52.3 Å². The van der Waals surface area contributed by atoms with Gasteiger partial charge in [0.25, 0.3) is 0 Å². The summed E-state index contributed by atoms with van der Waals surface area (Å²) in [5, 5.41) is 0. The van der Waals surface area contributed by atoms with E-state index in [1.807, 2.05) is 0 Å². The van der Waals surface area contributed by atoms with Gasteiger partial charge in [-0.2, -0.15) is 0 Å². The molecule has 0 saturated carbocycles. The predicted octanol–water partition coefficient (Wildman–Crippen LogP) is 3.41. The normalized spacial score (nSPS) is 15.4. The van der Waals surface area contributed by atoms with Crippen molar-refractivity contribution in [2.45, 2.75) is 60.4 Å². The molecule has 1 fully saturated rings. The summed E-state index contributed by atoms with van der Waals surface area (Å²) >= 11 is 0. The highest BCUT2D eigenvalue weighted by Gasteiger charge is 2.14. The molecule has 0 radical (unpaired) electrons. The lowest BCUT2D eigenvalue weighted by Crippen LogP contribution is -2.20. The zero-order chi connectivity index (χ0) is 13.5. The molecule has 0 spiro atoms. The van der Waals surface area contributed by atoms with Crippen LogP contribution in [0.2, 0.25) is 0 Å². The van der Waals surface area contributed by atoms with Gasteiger partial charge >= 0.3 is 0 Å². The van der Waals surface area contributed by atoms with Gasteiger partial charge in [0, 0.05) is 11.4 Å². The molecule has 2 heterocycles. The van der Waals surface area contributed by atoms with Gasteiger partial charge in [0.2, 0.25) is 0 Å². The Bertz CT molecular complexity index is 345. The third-order valence-corrected chi connectivity index (χ3v) is 3.24. The molecule has 1 aromatic heterocycles. The lowest BCUT2D eigenvalue weighted by molar-refractivity contribution is 0.321. The molecule has 0 aromatic carbocycles. The first-order chi connectivity index (χ1) is 8.58. The van der Waals surface area contributed by atoms with Crippen LogP contribution in [-0.2, 0) is 6.54 Å². The standard InChI is InChI=1S/C12H19N3.C3H8/c1-9-10(2)13-12(14-11(9)3)8-15-6-4-5-7-15;1-3-2/h4-8H2,1-3H3;3H2,1-2H3. The lowest BCUT2D eigenvalue weighted by atomic mass is 10.2. The molecule has 1 aliphatic rings. The van der Waals surface area contributed by atoms with Gasteiger partial charge in [0.05, 0.1) is 6.54 Å². The zero-order valence-corrected chi connectivity index (χ0v) is 12.6. The fraction of sp³-hybridized carbons (Fsp3) is 0.733. The Balaban J connectivity index is 0.000000492. The zero-order valence-electron chi connectivity index (χ0n) is 12.6. The summed E-state index contributed by atoms with van der Waals surface area (Å²) in [4.78, 5) is 11.5. The number of aryl methyl sites for hydroxylation is 2. The molecule has 0 unspecified atom stereocenters. The van der Waals surface area contributed by atoms with Crippen LogP contribution in [0.5, 0.6) is 0 Å². The van der Waals surface area contributed by atoms with E-state index in [9.17, 15) is 0 Å². The third-order valence-electron chi connectivity index (χ3n) is 3.24. The van der Waals surface area contributed by atoms with Crippen LogP contribution in [0.4, 0.5) is 0 Å². The summed E-state index contributed by atoms with van der Waals surface area (Å²) in [5.41, 5.74) is 3.47. The van der Waals surface area contributed by atoms with E-state index >= 15 is 0 Å². The molecule has 0 aliphatic carbocycles. The van der Waals surface area contributed by atoms with Crippen LogP contribution < -0.4 is 0 Å². The first kappa shape index (κ1) is 15.1. The Morgan fingerprint density at radius 1 is 0.944 bits per heavy atom. The molecule has 0 N–H and O–H groups in total. The quantitative estimate of drug-likeness (QED) is 0.804. The molecule has 1 aliphatic heterocycles. The number of likely N-dealkylation sites (tertiary alicyclic amines) is 1. The molecule has 3 heteroatoms.